The first-order valence-corrected chi connectivity index (χ1v) is 25.7. The number of hydrogen-bond donors (Lipinski definition) is 0. The minimum absolute atomic E-state index is 0.0185. The number of benzene rings is 12. The van der Waals surface area contributed by atoms with E-state index >= 15 is 0 Å². The zero-order valence-electron chi connectivity index (χ0n) is 41.4. The van der Waals surface area contributed by atoms with E-state index in [0.29, 0.717) is 0 Å². The maximum Gasteiger partial charge on any atom is 0.252 e. The molecule has 0 N–H and O–H groups in total. The summed E-state index contributed by atoms with van der Waals surface area (Å²) in [6, 6.07) is 74.6. The fraction of sp³-hybridized carbons (Fsp3) is 0.118. The predicted octanol–water partition coefficient (Wildman–Crippen LogP) is 16.3. The molecule has 0 bridgehead atoms. The summed E-state index contributed by atoms with van der Waals surface area (Å²) in [7, 11) is 0. The summed E-state index contributed by atoms with van der Waals surface area (Å²) in [4.78, 5) is 2.49. The molecule has 2 aliphatic rings. The van der Waals surface area contributed by atoms with Crippen LogP contribution in [-0.2, 0) is 10.8 Å². The van der Waals surface area contributed by atoms with E-state index in [1.165, 1.54) is 136 Å². The Bertz CT molecular complexity index is 4400. The Morgan fingerprint density at radius 3 is 1.15 bits per heavy atom. The van der Waals surface area contributed by atoms with Crippen molar-refractivity contribution in [2.75, 3.05) is 4.90 Å². The molecule has 0 unspecified atom stereocenters. The average molecular weight is 920 g/mol. The lowest BCUT2D eigenvalue weighted by Crippen LogP contribution is -2.59. The van der Waals surface area contributed by atoms with Crippen LogP contribution in [0.15, 0.2) is 194 Å². The van der Waals surface area contributed by atoms with Crippen molar-refractivity contribution in [1.29, 1.82) is 0 Å². The standard InChI is InChI=1S/C68H50BN3/c1-67(2,3)39-29-33-41(34-30-39)70(42-35-31-40(32-36-42)68(4,5)6)43-37-52-44-17-7-9-21-48(44)59-61-58(52)53(38-43)45-18-8-10-22-49(45)60(61)66-62-65(59)71-56-27-13-11-19-46(56)50-23-15-25-54(63(50)71)69(62)55-26-16-24-51-47-20-12-14-28-57(47)72(66)64(51)55/h7-38H,1-6H3. The Hall–Kier alpha value is -8.34. The molecule has 0 aliphatic carbocycles. The van der Waals surface area contributed by atoms with Gasteiger partial charge >= 0.3 is 0 Å². The van der Waals surface area contributed by atoms with E-state index in [1.807, 2.05) is 0 Å². The van der Waals surface area contributed by atoms with Gasteiger partial charge < -0.3 is 14.0 Å². The zero-order valence-corrected chi connectivity index (χ0v) is 41.4. The van der Waals surface area contributed by atoms with Crippen LogP contribution in [0.25, 0.3) is 109 Å². The number of nitrogens with zero attached hydrogens (tertiary/aromatic N) is 3. The number of anilines is 3. The van der Waals surface area contributed by atoms with E-state index < -0.39 is 0 Å². The van der Waals surface area contributed by atoms with Crippen molar-refractivity contribution >= 4 is 138 Å². The minimum Gasteiger partial charge on any atom is -0.310 e. The lowest BCUT2D eigenvalue weighted by molar-refractivity contribution is 0.590. The highest BCUT2D eigenvalue weighted by Gasteiger charge is 2.43. The van der Waals surface area contributed by atoms with Crippen molar-refractivity contribution in [3.05, 3.63) is 205 Å². The van der Waals surface area contributed by atoms with Crippen molar-refractivity contribution in [2.24, 2.45) is 0 Å². The Morgan fingerprint density at radius 2 is 0.722 bits per heavy atom. The highest BCUT2D eigenvalue weighted by atomic mass is 15.1. The second-order valence-corrected chi connectivity index (χ2v) is 22.8. The van der Waals surface area contributed by atoms with E-state index in [-0.39, 0.29) is 17.5 Å². The molecule has 0 fully saturated rings. The molecule has 3 nitrogen and oxygen atoms in total. The molecule has 72 heavy (non-hydrogen) atoms. The van der Waals surface area contributed by atoms with Crippen molar-refractivity contribution in [1.82, 2.24) is 9.13 Å². The molecule has 4 heteroatoms. The van der Waals surface area contributed by atoms with E-state index in [1.54, 1.807) is 0 Å². The molecule has 0 saturated heterocycles. The van der Waals surface area contributed by atoms with Crippen LogP contribution in [0.5, 0.6) is 0 Å². The molecule has 12 aromatic carbocycles. The number of hydrogen-bond acceptors (Lipinski definition) is 1. The first-order valence-electron chi connectivity index (χ1n) is 25.7. The molecule has 0 saturated carbocycles. The quantitative estimate of drug-likeness (QED) is 0.0978. The summed E-state index contributed by atoms with van der Waals surface area (Å²) in [6.07, 6.45) is 0. The van der Waals surface area contributed by atoms with Crippen LogP contribution < -0.4 is 21.3 Å². The Labute approximate surface area is 418 Å². The maximum absolute atomic E-state index is 2.68. The van der Waals surface area contributed by atoms with Gasteiger partial charge in [-0.1, -0.05) is 187 Å². The van der Waals surface area contributed by atoms with E-state index in [2.05, 4.69) is 250 Å². The maximum atomic E-state index is 2.68. The minimum atomic E-state index is 0.0185. The molecule has 2 aromatic heterocycles. The van der Waals surface area contributed by atoms with Gasteiger partial charge in [-0.15, -0.1) is 0 Å². The molecule has 14 aromatic rings. The van der Waals surface area contributed by atoms with Crippen LogP contribution in [0.3, 0.4) is 0 Å². The number of rotatable bonds is 3. The third-order valence-electron chi connectivity index (χ3n) is 16.9. The van der Waals surface area contributed by atoms with Gasteiger partial charge in [0.1, 0.15) is 0 Å². The fourth-order valence-corrected chi connectivity index (χ4v) is 13.7. The molecule has 340 valence electrons. The van der Waals surface area contributed by atoms with E-state index in [0.717, 1.165) is 17.1 Å². The largest absolute Gasteiger partial charge is 0.310 e. The molecule has 0 radical (unpaired) electrons. The summed E-state index contributed by atoms with van der Waals surface area (Å²) in [5.74, 6) is 0. The lowest BCUT2D eigenvalue weighted by Gasteiger charge is -2.36. The van der Waals surface area contributed by atoms with Gasteiger partial charge in [0.25, 0.3) is 6.71 Å². The zero-order chi connectivity index (χ0) is 48.1. The summed E-state index contributed by atoms with van der Waals surface area (Å²) in [6.45, 7) is 13.8. The van der Waals surface area contributed by atoms with Gasteiger partial charge in [0, 0.05) is 65.8 Å². The van der Waals surface area contributed by atoms with Gasteiger partial charge in [-0.05, 0) is 125 Å². The number of fused-ring (bicyclic) bond motifs is 18. The van der Waals surface area contributed by atoms with E-state index in [9.17, 15) is 0 Å². The summed E-state index contributed by atoms with van der Waals surface area (Å²) >= 11 is 0. The monoisotopic (exact) mass is 919 g/mol. The normalized spacial score (nSPS) is 13.4. The highest BCUT2D eigenvalue weighted by Crippen LogP contribution is 2.53. The molecule has 0 atom stereocenters. The van der Waals surface area contributed by atoms with Crippen molar-refractivity contribution in [2.45, 2.75) is 52.4 Å². The number of para-hydroxylation sites is 4. The predicted molar refractivity (Wildman–Crippen MR) is 311 cm³/mol. The SMILES string of the molecule is CC(C)(C)c1ccc(N(c2ccc(C(C)(C)C)cc2)c2cc3c4ccccc4c4c5c6c(c7c8ccccc8c(c2)c3c47)-n2c3ccccc3c3cccc(c32)B6c2cccc3c4ccccc4n-5c23)cc1. The van der Waals surface area contributed by atoms with Gasteiger partial charge in [-0.25, -0.2) is 0 Å². The van der Waals surface area contributed by atoms with Gasteiger partial charge in [0.2, 0.25) is 0 Å². The van der Waals surface area contributed by atoms with Crippen LogP contribution in [0, 0.1) is 0 Å². The summed E-state index contributed by atoms with van der Waals surface area (Å²) < 4.78 is 5.37. The third-order valence-corrected chi connectivity index (χ3v) is 16.9. The third kappa shape index (κ3) is 5.07. The molecule has 0 spiro atoms. The second-order valence-electron chi connectivity index (χ2n) is 22.8. The number of aromatic nitrogens is 2. The van der Waals surface area contributed by atoms with Gasteiger partial charge in [0.15, 0.2) is 0 Å². The summed E-state index contributed by atoms with van der Waals surface area (Å²) in [5.41, 5.74) is 18.0. The Kier molecular flexibility index (Phi) is 7.71. The average Bonchev–Trinajstić information content (AvgIpc) is 3.93. The molecule has 4 heterocycles. The lowest BCUT2D eigenvalue weighted by atomic mass is 9.34. The molecule has 2 aliphatic heterocycles. The van der Waals surface area contributed by atoms with Gasteiger partial charge in [-0.2, -0.15) is 0 Å². The Morgan fingerprint density at radius 1 is 0.333 bits per heavy atom. The molecular formula is C68H50BN3. The molecule has 0 amide bonds. The molecule has 16 rings (SSSR count). The highest BCUT2D eigenvalue weighted by molar-refractivity contribution is 7.01. The summed E-state index contributed by atoms with van der Waals surface area (Å²) in [5, 5.41) is 18.2. The van der Waals surface area contributed by atoms with Crippen LogP contribution in [0.2, 0.25) is 0 Å². The van der Waals surface area contributed by atoms with Crippen molar-refractivity contribution in [3.63, 3.8) is 0 Å². The van der Waals surface area contributed by atoms with Crippen LogP contribution in [-0.4, -0.2) is 15.8 Å². The topological polar surface area (TPSA) is 13.1 Å². The van der Waals surface area contributed by atoms with Crippen LogP contribution in [0.4, 0.5) is 17.1 Å². The first kappa shape index (κ1) is 40.4. The first-order chi connectivity index (χ1) is 35.0. The smallest absolute Gasteiger partial charge is 0.252 e. The van der Waals surface area contributed by atoms with E-state index in [4.69, 9.17) is 0 Å². The van der Waals surface area contributed by atoms with Crippen LogP contribution in [0.1, 0.15) is 52.7 Å². The van der Waals surface area contributed by atoms with Gasteiger partial charge in [-0.3, -0.25) is 0 Å². The second kappa shape index (κ2) is 13.7. The van der Waals surface area contributed by atoms with Crippen molar-refractivity contribution < 1.29 is 0 Å². The van der Waals surface area contributed by atoms with Crippen LogP contribution >= 0.6 is 0 Å². The fourth-order valence-electron chi connectivity index (χ4n) is 13.7. The molecular weight excluding hydrogens is 870 g/mol. The Balaban J connectivity index is 1.14. The van der Waals surface area contributed by atoms with Gasteiger partial charge in [0.05, 0.1) is 22.4 Å². The van der Waals surface area contributed by atoms with Crippen molar-refractivity contribution in [3.8, 4) is 11.4 Å².